The third-order valence-corrected chi connectivity index (χ3v) is 7.07. The van der Waals surface area contributed by atoms with Crippen molar-refractivity contribution in [3.8, 4) is 11.1 Å². The van der Waals surface area contributed by atoms with E-state index in [0.29, 0.717) is 4.90 Å². The number of rotatable bonds is 6. The van der Waals surface area contributed by atoms with Gasteiger partial charge in [-0.1, -0.05) is 71.6 Å². The monoisotopic (exact) mass is 436 g/mol. The SMILES string of the molecule is O=c1[nH]c2ccccc2c(-c2ccccc2)c1Sc1nnc(NC[C@@H]2CCCO2)s1. The van der Waals surface area contributed by atoms with E-state index in [4.69, 9.17) is 4.74 Å². The molecular formula is C22H20N4O2S2. The molecular weight excluding hydrogens is 416 g/mol. The van der Waals surface area contributed by atoms with Gasteiger partial charge in [-0.3, -0.25) is 4.79 Å². The lowest BCUT2D eigenvalue weighted by atomic mass is 10.0. The van der Waals surface area contributed by atoms with E-state index >= 15 is 0 Å². The highest BCUT2D eigenvalue weighted by Crippen LogP contribution is 2.39. The Kier molecular flexibility index (Phi) is 5.52. The average Bonchev–Trinajstić information content (AvgIpc) is 3.45. The molecule has 0 aliphatic carbocycles. The molecule has 1 aliphatic rings. The Morgan fingerprint density at radius 1 is 1.13 bits per heavy atom. The van der Waals surface area contributed by atoms with Crippen molar-refractivity contribution in [2.24, 2.45) is 0 Å². The number of benzene rings is 2. The number of nitrogens with one attached hydrogen (secondary N) is 2. The number of nitrogens with zero attached hydrogens (tertiary/aromatic N) is 2. The third kappa shape index (κ3) is 3.98. The summed E-state index contributed by atoms with van der Waals surface area (Å²) in [6, 6.07) is 17.9. The van der Waals surface area contributed by atoms with Gasteiger partial charge < -0.3 is 15.0 Å². The maximum atomic E-state index is 13.0. The first-order valence-electron chi connectivity index (χ1n) is 9.85. The number of hydrogen-bond acceptors (Lipinski definition) is 7. The van der Waals surface area contributed by atoms with Gasteiger partial charge in [-0.15, -0.1) is 10.2 Å². The minimum Gasteiger partial charge on any atom is -0.376 e. The fourth-order valence-corrected chi connectivity index (χ4v) is 5.50. The van der Waals surface area contributed by atoms with Gasteiger partial charge >= 0.3 is 0 Å². The van der Waals surface area contributed by atoms with Crippen LogP contribution in [0.15, 0.2) is 68.6 Å². The first kappa shape index (κ1) is 19.3. The zero-order chi connectivity index (χ0) is 20.3. The van der Waals surface area contributed by atoms with Crippen LogP contribution in [0.1, 0.15) is 12.8 Å². The summed E-state index contributed by atoms with van der Waals surface area (Å²) in [5.74, 6) is 0. The molecule has 0 amide bonds. The largest absolute Gasteiger partial charge is 0.376 e. The molecule has 0 radical (unpaired) electrons. The van der Waals surface area contributed by atoms with E-state index in [1.54, 1.807) is 0 Å². The van der Waals surface area contributed by atoms with Crippen LogP contribution in [0.3, 0.4) is 0 Å². The molecule has 0 spiro atoms. The van der Waals surface area contributed by atoms with Gasteiger partial charge in [0.25, 0.3) is 5.56 Å². The Morgan fingerprint density at radius 3 is 2.80 bits per heavy atom. The lowest BCUT2D eigenvalue weighted by molar-refractivity contribution is 0.120. The summed E-state index contributed by atoms with van der Waals surface area (Å²) in [6.07, 6.45) is 2.41. The number of hydrogen-bond donors (Lipinski definition) is 2. The summed E-state index contributed by atoms with van der Waals surface area (Å²) in [5.41, 5.74) is 2.62. The smallest absolute Gasteiger partial charge is 0.263 e. The number of anilines is 1. The van der Waals surface area contributed by atoms with Crippen molar-refractivity contribution >= 4 is 39.1 Å². The van der Waals surface area contributed by atoms with Crippen LogP contribution < -0.4 is 10.9 Å². The van der Waals surface area contributed by atoms with Gasteiger partial charge in [0.15, 0.2) is 4.34 Å². The van der Waals surface area contributed by atoms with E-state index in [-0.39, 0.29) is 11.7 Å². The number of ether oxygens (including phenoxy) is 1. The van der Waals surface area contributed by atoms with Crippen molar-refractivity contribution in [2.45, 2.75) is 28.2 Å². The summed E-state index contributed by atoms with van der Waals surface area (Å²) in [6.45, 7) is 1.56. The van der Waals surface area contributed by atoms with Crippen molar-refractivity contribution in [2.75, 3.05) is 18.5 Å². The maximum Gasteiger partial charge on any atom is 0.263 e. The molecule has 1 saturated heterocycles. The summed E-state index contributed by atoms with van der Waals surface area (Å²) in [4.78, 5) is 16.6. The lowest BCUT2D eigenvalue weighted by Crippen LogP contribution is -2.18. The molecule has 2 N–H and O–H groups in total. The van der Waals surface area contributed by atoms with Gasteiger partial charge in [0.1, 0.15) is 0 Å². The second-order valence-electron chi connectivity index (χ2n) is 7.06. The van der Waals surface area contributed by atoms with Crippen LogP contribution in [0, 0.1) is 0 Å². The van der Waals surface area contributed by atoms with E-state index in [1.165, 1.54) is 23.1 Å². The molecule has 6 nitrogen and oxygen atoms in total. The van der Waals surface area contributed by atoms with Gasteiger partial charge in [-0.2, -0.15) is 0 Å². The highest BCUT2D eigenvalue weighted by atomic mass is 32.2. The van der Waals surface area contributed by atoms with Crippen molar-refractivity contribution < 1.29 is 4.74 Å². The molecule has 3 heterocycles. The number of H-pyrrole nitrogens is 1. The highest BCUT2D eigenvalue weighted by molar-refractivity contribution is 8.01. The summed E-state index contributed by atoms with van der Waals surface area (Å²) < 4.78 is 6.37. The van der Waals surface area contributed by atoms with Crippen LogP contribution in [0.5, 0.6) is 0 Å². The van der Waals surface area contributed by atoms with Gasteiger partial charge in [-0.25, -0.2) is 0 Å². The van der Waals surface area contributed by atoms with E-state index < -0.39 is 0 Å². The predicted octanol–water partition coefficient (Wildman–Crippen LogP) is 4.79. The van der Waals surface area contributed by atoms with E-state index in [2.05, 4.69) is 20.5 Å². The fraction of sp³-hybridized carbons (Fsp3) is 0.227. The topological polar surface area (TPSA) is 79.9 Å². The van der Waals surface area contributed by atoms with Crippen LogP contribution >= 0.6 is 23.1 Å². The first-order valence-corrected chi connectivity index (χ1v) is 11.5. The maximum absolute atomic E-state index is 13.0. The van der Waals surface area contributed by atoms with Crippen molar-refractivity contribution in [1.29, 1.82) is 0 Å². The average molecular weight is 437 g/mol. The second-order valence-corrected chi connectivity index (χ2v) is 9.30. The van der Waals surface area contributed by atoms with Crippen LogP contribution in [-0.2, 0) is 4.74 Å². The van der Waals surface area contributed by atoms with E-state index in [9.17, 15) is 4.79 Å². The van der Waals surface area contributed by atoms with Crippen LogP contribution in [0.4, 0.5) is 5.13 Å². The Balaban J connectivity index is 1.49. The molecule has 2 aromatic carbocycles. The molecule has 2 aromatic heterocycles. The van der Waals surface area contributed by atoms with Crippen molar-refractivity contribution in [3.05, 3.63) is 65.0 Å². The van der Waals surface area contributed by atoms with Gasteiger partial charge in [0.05, 0.1) is 11.0 Å². The molecule has 1 aliphatic heterocycles. The summed E-state index contributed by atoms with van der Waals surface area (Å²) >= 11 is 2.81. The molecule has 152 valence electrons. The van der Waals surface area contributed by atoms with Crippen LogP contribution in [0.2, 0.25) is 0 Å². The highest BCUT2D eigenvalue weighted by Gasteiger charge is 2.19. The van der Waals surface area contributed by atoms with Gasteiger partial charge in [-0.05, 0) is 24.5 Å². The Labute approximate surface area is 181 Å². The molecule has 0 unspecified atom stereocenters. The molecule has 0 saturated carbocycles. The Morgan fingerprint density at radius 2 is 1.97 bits per heavy atom. The number of aromatic nitrogens is 3. The molecule has 5 rings (SSSR count). The molecule has 8 heteroatoms. The third-order valence-electron chi connectivity index (χ3n) is 5.04. The number of aromatic amines is 1. The molecule has 1 fully saturated rings. The fourth-order valence-electron chi connectivity index (χ4n) is 3.63. The lowest BCUT2D eigenvalue weighted by Gasteiger charge is -2.11. The number of fused-ring (bicyclic) bond motifs is 1. The zero-order valence-electron chi connectivity index (χ0n) is 16.1. The quantitative estimate of drug-likeness (QED) is 0.452. The molecule has 0 bridgehead atoms. The standard InChI is InChI=1S/C22H20N4O2S2/c27-20-19(29-22-26-25-21(30-22)23-13-15-9-6-12-28-15)18(14-7-2-1-3-8-14)16-10-4-5-11-17(16)24-20/h1-5,7-8,10-11,15H,6,9,12-13H2,(H,23,25)(H,24,27)/t15-/m0/s1. The van der Waals surface area contributed by atoms with Gasteiger partial charge in [0.2, 0.25) is 5.13 Å². The number of para-hydroxylation sites is 1. The van der Waals surface area contributed by atoms with Crippen molar-refractivity contribution in [3.63, 3.8) is 0 Å². The second kappa shape index (κ2) is 8.59. The van der Waals surface area contributed by atoms with E-state index in [0.717, 1.165) is 57.5 Å². The summed E-state index contributed by atoms with van der Waals surface area (Å²) in [5, 5.41) is 13.6. The van der Waals surface area contributed by atoms with Crippen LogP contribution in [0.25, 0.3) is 22.0 Å². The molecule has 30 heavy (non-hydrogen) atoms. The Bertz CT molecular complexity index is 1220. The molecule has 4 aromatic rings. The van der Waals surface area contributed by atoms with Crippen molar-refractivity contribution in [1.82, 2.24) is 15.2 Å². The molecule has 1 atom stereocenters. The minimum absolute atomic E-state index is 0.124. The Hall–Kier alpha value is -2.68. The minimum atomic E-state index is -0.124. The van der Waals surface area contributed by atoms with Crippen LogP contribution in [-0.4, -0.2) is 34.4 Å². The normalized spacial score (nSPS) is 16.2. The zero-order valence-corrected chi connectivity index (χ0v) is 17.8. The number of pyridine rings is 1. The predicted molar refractivity (Wildman–Crippen MR) is 122 cm³/mol. The summed E-state index contributed by atoms with van der Waals surface area (Å²) in [7, 11) is 0. The van der Waals surface area contributed by atoms with E-state index in [1.807, 2.05) is 54.6 Å². The first-order chi connectivity index (χ1) is 14.8. The van der Waals surface area contributed by atoms with Gasteiger partial charge in [0, 0.05) is 29.6 Å².